The number of nitriles is 1. The second kappa shape index (κ2) is 8.17. The maximum absolute atomic E-state index is 13.3. The largest absolute Gasteiger partial charge is 0.497 e. The van der Waals surface area contributed by atoms with Gasteiger partial charge in [0.2, 0.25) is 5.91 Å². The Bertz CT molecular complexity index is 1110. The molecule has 0 radical (unpaired) electrons. The maximum atomic E-state index is 13.3. The summed E-state index contributed by atoms with van der Waals surface area (Å²) in [5, 5.41) is 22.0. The molecule has 0 aromatic heterocycles. The molecule has 4 rings (SSSR count). The topological polar surface area (TPSA) is 92.0 Å². The number of fused-ring (bicyclic) bond motifs is 1. The van der Waals surface area contributed by atoms with Crippen molar-refractivity contribution in [2.45, 2.75) is 18.1 Å². The van der Waals surface area contributed by atoms with Crippen molar-refractivity contribution in [2.75, 3.05) is 27.1 Å². The molecule has 31 heavy (non-hydrogen) atoms. The highest BCUT2D eigenvalue weighted by atomic mass is 32.2. The van der Waals surface area contributed by atoms with E-state index in [0.717, 1.165) is 0 Å². The SMILES string of the molecule is COc1cccc([C@]2(O)CSC3=C(C#N)[C@@H](c4cccc(OC)c4OC)CC(=O)N32)c1. The summed E-state index contributed by atoms with van der Waals surface area (Å²) in [5.41, 5.74) is 0.112. The molecule has 2 aliphatic heterocycles. The van der Waals surface area contributed by atoms with Crippen molar-refractivity contribution in [1.29, 1.82) is 5.26 Å². The second-order valence-corrected chi connectivity index (χ2v) is 8.20. The fourth-order valence-electron chi connectivity index (χ4n) is 4.16. The Morgan fingerprint density at radius 3 is 2.61 bits per heavy atom. The van der Waals surface area contributed by atoms with E-state index in [1.807, 2.05) is 12.1 Å². The molecule has 1 saturated heterocycles. The quantitative estimate of drug-likeness (QED) is 0.765. The Morgan fingerprint density at radius 2 is 1.94 bits per heavy atom. The minimum absolute atomic E-state index is 0.0305. The summed E-state index contributed by atoms with van der Waals surface area (Å²) in [5.74, 6) is 1.07. The van der Waals surface area contributed by atoms with Gasteiger partial charge in [0.15, 0.2) is 17.2 Å². The number of rotatable bonds is 5. The summed E-state index contributed by atoms with van der Waals surface area (Å²) < 4.78 is 16.2. The number of aliphatic hydroxyl groups is 1. The number of hydrogen-bond donors (Lipinski definition) is 1. The van der Waals surface area contributed by atoms with E-state index >= 15 is 0 Å². The Hall–Kier alpha value is -3.15. The Balaban J connectivity index is 1.83. The molecule has 0 saturated carbocycles. The lowest BCUT2D eigenvalue weighted by Crippen LogP contribution is -2.48. The predicted octanol–water partition coefficient (Wildman–Crippen LogP) is 3.36. The zero-order valence-corrected chi connectivity index (χ0v) is 18.2. The first-order chi connectivity index (χ1) is 15.0. The molecule has 0 aliphatic carbocycles. The number of carbonyl (C=O) groups is 1. The number of hydrogen-bond acceptors (Lipinski definition) is 7. The third kappa shape index (κ3) is 3.30. The van der Waals surface area contributed by atoms with Gasteiger partial charge < -0.3 is 19.3 Å². The molecular formula is C23H22N2O5S. The van der Waals surface area contributed by atoms with Crippen LogP contribution < -0.4 is 14.2 Å². The lowest BCUT2D eigenvalue weighted by atomic mass is 9.84. The monoisotopic (exact) mass is 438 g/mol. The third-order valence-electron chi connectivity index (χ3n) is 5.65. The van der Waals surface area contributed by atoms with Gasteiger partial charge in [0.1, 0.15) is 5.75 Å². The Labute approximate surface area is 184 Å². The van der Waals surface area contributed by atoms with Gasteiger partial charge in [-0.1, -0.05) is 24.3 Å². The molecule has 8 heteroatoms. The smallest absolute Gasteiger partial charge is 0.231 e. The molecular weight excluding hydrogens is 416 g/mol. The van der Waals surface area contributed by atoms with Crippen LogP contribution in [0.15, 0.2) is 53.1 Å². The van der Waals surface area contributed by atoms with Crippen molar-refractivity contribution in [1.82, 2.24) is 4.90 Å². The van der Waals surface area contributed by atoms with Crippen molar-refractivity contribution >= 4 is 17.7 Å². The van der Waals surface area contributed by atoms with E-state index in [0.29, 0.717) is 39.0 Å². The molecule has 7 nitrogen and oxygen atoms in total. The van der Waals surface area contributed by atoms with Gasteiger partial charge in [-0.3, -0.25) is 9.69 Å². The normalized spacial score (nSPS) is 22.7. The number of amides is 1. The Kier molecular flexibility index (Phi) is 5.56. The molecule has 0 spiro atoms. The van der Waals surface area contributed by atoms with E-state index in [2.05, 4.69) is 6.07 Å². The van der Waals surface area contributed by atoms with Crippen molar-refractivity contribution < 1.29 is 24.1 Å². The number of ether oxygens (including phenoxy) is 3. The number of methoxy groups -OCH3 is 3. The van der Waals surface area contributed by atoms with Crippen LogP contribution in [-0.2, 0) is 10.5 Å². The highest BCUT2D eigenvalue weighted by molar-refractivity contribution is 8.03. The number of carbonyl (C=O) groups excluding carboxylic acids is 1. The molecule has 1 amide bonds. The summed E-state index contributed by atoms with van der Waals surface area (Å²) in [6.07, 6.45) is 0.0305. The summed E-state index contributed by atoms with van der Waals surface area (Å²) in [6.45, 7) is 0. The van der Waals surface area contributed by atoms with Gasteiger partial charge in [0.05, 0.1) is 43.8 Å². The van der Waals surface area contributed by atoms with Crippen LogP contribution >= 0.6 is 11.8 Å². The number of para-hydroxylation sites is 1. The molecule has 2 aromatic rings. The molecule has 1 fully saturated rings. The highest BCUT2D eigenvalue weighted by Gasteiger charge is 2.52. The van der Waals surface area contributed by atoms with E-state index in [9.17, 15) is 15.2 Å². The van der Waals surface area contributed by atoms with Gasteiger partial charge >= 0.3 is 0 Å². The molecule has 2 aliphatic rings. The van der Waals surface area contributed by atoms with Gasteiger partial charge in [0.25, 0.3) is 0 Å². The van der Waals surface area contributed by atoms with Gasteiger partial charge in [-0.25, -0.2) is 0 Å². The first-order valence-electron chi connectivity index (χ1n) is 9.66. The van der Waals surface area contributed by atoms with Gasteiger partial charge in [0, 0.05) is 23.5 Å². The van der Waals surface area contributed by atoms with E-state index in [1.165, 1.54) is 23.8 Å². The summed E-state index contributed by atoms with van der Waals surface area (Å²) in [4.78, 5) is 14.7. The molecule has 2 atom stereocenters. The maximum Gasteiger partial charge on any atom is 0.231 e. The zero-order chi connectivity index (χ0) is 22.2. The van der Waals surface area contributed by atoms with E-state index < -0.39 is 11.6 Å². The molecule has 1 N–H and O–H groups in total. The summed E-state index contributed by atoms with van der Waals surface area (Å²) in [6, 6.07) is 14.7. The molecule has 2 aromatic carbocycles. The second-order valence-electron chi connectivity index (χ2n) is 7.24. The Morgan fingerprint density at radius 1 is 1.16 bits per heavy atom. The van der Waals surface area contributed by atoms with Crippen molar-refractivity contribution in [2.24, 2.45) is 0 Å². The number of thioether (sulfide) groups is 1. The van der Waals surface area contributed by atoms with Gasteiger partial charge in [-0.05, 0) is 18.2 Å². The van der Waals surface area contributed by atoms with Gasteiger partial charge in [-0.15, -0.1) is 11.8 Å². The lowest BCUT2D eigenvalue weighted by Gasteiger charge is -2.38. The number of nitrogens with zero attached hydrogens (tertiary/aromatic N) is 2. The number of allylic oxidation sites excluding steroid dienone is 1. The van der Waals surface area contributed by atoms with Crippen molar-refractivity contribution in [3.8, 4) is 23.3 Å². The van der Waals surface area contributed by atoms with Crippen LogP contribution in [0.5, 0.6) is 17.2 Å². The minimum Gasteiger partial charge on any atom is -0.497 e. The van der Waals surface area contributed by atoms with Crippen LogP contribution in [0.3, 0.4) is 0 Å². The molecule has 0 bridgehead atoms. The van der Waals surface area contributed by atoms with Crippen LogP contribution in [0.4, 0.5) is 0 Å². The molecule has 2 heterocycles. The van der Waals surface area contributed by atoms with Crippen molar-refractivity contribution in [3.63, 3.8) is 0 Å². The van der Waals surface area contributed by atoms with E-state index in [4.69, 9.17) is 14.2 Å². The van der Waals surface area contributed by atoms with Crippen LogP contribution in [-0.4, -0.2) is 43.0 Å². The minimum atomic E-state index is -1.56. The zero-order valence-electron chi connectivity index (χ0n) is 17.4. The number of benzene rings is 2. The van der Waals surface area contributed by atoms with Crippen LogP contribution in [0.1, 0.15) is 23.5 Å². The average molecular weight is 439 g/mol. The average Bonchev–Trinajstić information content (AvgIpc) is 3.17. The van der Waals surface area contributed by atoms with Crippen LogP contribution in [0.2, 0.25) is 0 Å². The lowest BCUT2D eigenvalue weighted by molar-refractivity contribution is -0.149. The van der Waals surface area contributed by atoms with Crippen LogP contribution in [0, 0.1) is 11.3 Å². The first kappa shape index (κ1) is 21.1. The van der Waals surface area contributed by atoms with E-state index in [-0.39, 0.29) is 18.1 Å². The highest BCUT2D eigenvalue weighted by Crippen LogP contribution is 2.53. The standard InChI is InChI=1S/C23H22N2O5S/c1-28-15-7-4-6-14(10-15)23(27)13-31-22-18(12-24)17(11-20(26)25(22)23)16-8-5-9-19(29-2)21(16)30-3/h4-10,17,27H,11,13H2,1-3H3/t17-,23-/m1/s1. The summed E-state index contributed by atoms with van der Waals surface area (Å²) >= 11 is 1.30. The molecule has 160 valence electrons. The first-order valence-corrected chi connectivity index (χ1v) is 10.6. The van der Waals surface area contributed by atoms with Crippen LogP contribution in [0.25, 0.3) is 0 Å². The summed E-state index contributed by atoms with van der Waals surface area (Å²) in [7, 11) is 4.62. The fourth-order valence-corrected chi connectivity index (χ4v) is 5.52. The third-order valence-corrected chi connectivity index (χ3v) is 6.87. The molecule has 0 unspecified atom stereocenters. The van der Waals surface area contributed by atoms with Gasteiger partial charge in [-0.2, -0.15) is 5.26 Å². The fraction of sp³-hybridized carbons (Fsp3) is 0.304. The van der Waals surface area contributed by atoms with Crippen molar-refractivity contribution in [3.05, 3.63) is 64.2 Å². The predicted molar refractivity (Wildman–Crippen MR) is 116 cm³/mol. The van der Waals surface area contributed by atoms with E-state index in [1.54, 1.807) is 44.6 Å².